The molecular weight excluding hydrogens is 1660 g/mol. The fourth-order valence-corrected chi connectivity index (χ4v) is 39.8. The maximum absolute atomic E-state index is 3.04. The first kappa shape index (κ1) is 72.1. The molecule has 0 spiro atoms. The molecule has 8 aliphatic heterocycles. The Bertz CT molecular complexity index is 6300. The zero-order chi connectivity index (χ0) is 79.4. The zero-order valence-corrected chi connectivity index (χ0v) is 76.3. The molecule has 11 heteroatoms. The fourth-order valence-electron chi connectivity index (χ4n) is 21.6. The molecule has 23 rings (SSSR count). The molecule has 0 unspecified atom stereocenters. The molecule has 0 bridgehead atoms. The van der Waals surface area contributed by atoms with Gasteiger partial charge in [0.1, 0.15) is 0 Å². The van der Waals surface area contributed by atoms with Crippen LogP contribution in [0.3, 0.4) is 0 Å². The second-order valence-electron chi connectivity index (χ2n) is 37.8. The van der Waals surface area contributed by atoms with Crippen LogP contribution in [0.1, 0.15) is 79.0 Å². The van der Waals surface area contributed by atoms with Gasteiger partial charge in [0.25, 0.3) is 0 Å². The second kappa shape index (κ2) is 25.7. The summed E-state index contributed by atoms with van der Waals surface area (Å²) >= 11 is -6.47. The molecule has 15 aromatic carbocycles. The van der Waals surface area contributed by atoms with E-state index in [4.69, 9.17) is 0 Å². The normalized spacial score (nSPS) is 15.3. The molecule has 562 valence electrons. The molecule has 0 radical (unpaired) electrons. The van der Waals surface area contributed by atoms with Crippen molar-refractivity contribution in [1.29, 1.82) is 0 Å². The third-order valence-corrected chi connectivity index (χ3v) is 47.3. The van der Waals surface area contributed by atoms with Gasteiger partial charge < -0.3 is 0 Å². The molecule has 0 saturated heterocycles. The van der Waals surface area contributed by atoms with Crippen molar-refractivity contribution < 1.29 is 0 Å². The first-order valence-electron chi connectivity index (χ1n) is 41.9. The molecule has 117 heavy (non-hydrogen) atoms. The number of anilines is 12. The Hall–Kier alpha value is -10.2. The van der Waals surface area contributed by atoms with E-state index in [9.17, 15) is 0 Å². The topological polar surface area (TPSA) is 13.0 Å². The molecule has 0 saturated carbocycles. The van der Waals surface area contributed by atoms with Gasteiger partial charge in [0, 0.05) is 0 Å². The molecule has 0 aromatic heterocycles. The summed E-state index contributed by atoms with van der Waals surface area (Å²) in [5.74, 6) is 10.6. The molecule has 15 aromatic rings. The Morgan fingerprint density at radius 2 is 0.513 bits per heavy atom. The monoisotopic (exact) mass is 1760 g/mol. The molecule has 0 aliphatic carbocycles. The van der Waals surface area contributed by atoms with E-state index in [0.29, 0.717) is 0 Å². The number of fused-ring (bicyclic) bond motifs is 18. The quantitative estimate of drug-likeness (QED) is 0.154. The zero-order valence-electron chi connectivity index (χ0n) is 68.7. The summed E-state index contributed by atoms with van der Waals surface area (Å²) in [5, 5.41) is 0. The number of para-hydroxylation sites is 4. The summed E-state index contributed by atoms with van der Waals surface area (Å²) in [6.07, 6.45) is 0. The summed E-state index contributed by atoms with van der Waals surface area (Å²) < 4.78 is 12.2. The van der Waals surface area contributed by atoms with Gasteiger partial charge >= 0.3 is 715 Å². The SMILES string of the molecule is CC(C)(C)c1cc(-c2ccccc2)c(N2c3cc(C(C)(C)C)cc4c3B(c3c2cc2c5c3[Se]c3ccccc3B5c3ccc[c]5c3N2c2cccc[c]2[Ge]5([CH3])[CH3])c2c(cc3c5c2[Se]c2ccccc2B5c2ccc[c]5c2N3c2cccc[c]2[Ge]5([CH3])[CH3])N4c2c(-c3ccccc3)cc(C(C)(C)C)cc2-c2ccccc2)c(-c2ccccc2)c1. The molecule has 4 nitrogen and oxygen atoms in total. The van der Waals surface area contributed by atoms with E-state index in [1.165, 1.54) is 205 Å². The number of benzene rings is 15. The van der Waals surface area contributed by atoms with Gasteiger partial charge in [-0.15, -0.1) is 0 Å². The van der Waals surface area contributed by atoms with Crippen molar-refractivity contribution in [3.63, 3.8) is 0 Å². The van der Waals surface area contributed by atoms with E-state index in [0.717, 1.165) is 0 Å². The van der Waals surface area contributed by atoms with Crippen LogP contribution in [0.4, 0.5) is 68.2 Å². The summed E-state index contributed by atoms with van der Waals surface area (Å²) in [6, 6.07) is 121. The predicted molar refractivity (Wildman–Crippen MR) is 513 cm³/mol. The van der Waals surface area contributed by atoms with Crippen molar-refractivity contribution in [2.75, 3.05) is 19.6 Å². The Labute approximate surface area is 708 Å². The van der Waals surface area contributed by atoms with E-state index in [1.807, 2.05) is 0 Å². The summed E-state index contributed by atoms with van der Waals surface area (Å²) in [6.45, 7) is 21.5. The van der Waals surface area contributed by atoms with Gasteiger partial charge in [0.2, 0.25) is 0 Å². The average Bonchev–Trinajstić information content (AvgIpc) is 0.660. The molecule has 0 amide bonds. The van der Waals surface area contributed by atoms with Crippen LogP contribution in [0.5, 0.6) is 0 Å². The number of hydrogen-bond acceptors (Lipinski definition) is 4. The van der Waals surface area contributed by atoms with E-state index in [2.05, 4.69) is 408 Å². The van der Waals surface area contributed by atoms with E-state index in [-0.39, 0.29) is 66.3 Å². The van der Waals surface area contributed by atoms with Crippen molar-refractivity contribution >= 4 is 229 Å². The van der Waals surface area contributed by atoms with Gasteiger partial charge in [-0.05, 0) is 0 Å². The van der Waals surface area contributed by atoms with Crippen molar-refractivity contribution in [3.05, 3.63) is 320 Å². The molecule has 0 atom stereocenters. The van der Waals surface area contributed by atoms with Crippen LogP contribution in [0.15, 0.2) is 303 Å². The molecule has 8 aliphatic rings. The Balaban J connectivity index is 0.969. The minimum absolute atomic E-state index is 0.0192. The van der Waals surface area contributed by atoms with Crippen molar-refractivity contribution in [2.24, 2.45) is 0 Å². The van der Waals surface area contributed by atoms with Gasteiger partial charge in [-0.2, -0.15) is 0 Å². The van der Waals surface area contributed by atoms with Crippen LogP contribution in [0, 0.1) is 0 Å². The third-order valence-electron chi connectivity index (χ3n) is 27.3. The first-order valence-corrected chi connectivity index (χ1v) is 57.9. The molecular formula is C106H89B3Ge2N4Se2. The van der Waals surface area contributed by atoms with Gasteiger partial charge in [-0.25, -0.2) is 0 Å². The van der Waals surface area contributed by atoms with Crippen molar-refractivity contribution in [1.82, 2.24) is 0 Å². The van der Waals surface area contributed by atoms with E-state index >= 15 is 0 Å². The van der Waals surface area contributed by atoms with Crippen LogP contribution >= 0.6 is 0 Å². The van der Waals surface area contributed by atoms with Gasteiger partial charge in [-0.3, -0.25) is 0 Å². The van der Waals surface area contributed by atoms with Crippen LogP contribution < -0.4 is 104 Å². The second-order valence-corrected chi connectivity index (χ2v) is 60.4. The summed E-state index contributed by atoms with van der Waals surface area (Å²) in [7, 11) is 0. The van der Waals surface area contributed by atoms with Crippen LogP contribution in [-0.4, -0.2) is 76.6 Å². The minimum atomic E-state index is -3.04. The van der Waals surface area contributed by atoms with Gasteiger partial charge in [0.05, 0.1) is 0 Å². The number of hydrogen-bond donors (Lipinski definition) is 0. The standard InChI is InChI=1S/C106H89B3Ge2N4Se2/c1-104(2,3)68-56-71(64-36-18-14-19-37-64)98(72(57-68)65-38-20-15-21-39-65)114-85-60-70(106(7,8)9)61-86-93(85)109(96-89(114)62-87-94-102(96)116-91-54-32-26-44-75(91)107(94)77-46-34-50-81-100(77)112(87)83-52-30-28-48-79(83)110(81,10)11)97-90(115(86)99-73(66-40-22-16-23-41-66)58-69(105(4,5)6)59-74(99)67-42-24-17-25-43-67)63-88-95-103(97)117-92-55-33-27-45-76(92)108(95)78-47-35-51-82-101(78)113(88)84-53-31-29-49-80(84)111(82,12)13/h14-63H,1-13H3. The Kier molecular flexibility index (Phi) is 15.8. The van der Waals surface area contributed by atoms with Crippen molar-refractivity contribution in [3.8, 4) is 44.5 Å². The Morgan fingerprint density at radius 1 is 0.239 bits per heavy atom. The molecule has 0 N–H and O–H groups in total. The predicted octanol–water partition coefficient (Wildman–Crippen LogP) is 15.1. The number of rotatable bonds is 6. The van der Waals surface area contributed by atoms with Crippen LogP contribution in [0.2, 0.25) is 23.0 Å². The fraction of sp³-hybridized carbons (Fsp3) is 0.151. The van der Waals surface area contributed by atoms with E-state index in [1.54, 1.807) is 8.79 Å². The summed E-state index contributed by atoms with van der Waals surface area (Å²) in [4.78, 5) is 11.5. The van der Waals surface area contributed by atoms with E-state index < -0.39 is 26.5 Å². The third kappa shape index (κ3) is 10.4. The maximum atomic E-state index is 2.92. The Morgan fingerprint density at radius 3 is 0.863 bits per heavy atom. The van der Waals surface area contributed by atoms with Crippen molar-refractivity contribution in [2.45, 2.75) is 102 Å². The van der Waals surface area contributed by atoms with Gasteiger partial charge in [0.15, 0.2) is 0 Å². The van der Waals surface area contributed by atoms with Gasteiger partial charge in [-0.1, -0.05) is 0 Å². The number of nitrogens with zero attached hydrogens (tertiary/aromatic N) is 4. The average molecular weight is 1750 g/mol. The molecule has 8 heterocycles. The summed E-state index contributed by atoms with van der Waals surface area (Å²) in [5.41, 5.74) is 41.3. The van der Waals surface area contributed by atoms with Crippen LogP contribution in [-0.2, 0) is 16.2 Å². The van der Waals surface area contributed by atoms with Crippen LogP contribution in [0.25, 0.3) is 44.5 Å². The first-order chi connectivity index (χ1) is 56.5. The molecule has 0 fully saturated rings.